The maximum Gasteiger partial charge on any atom is 0.303 e. The number of nitrogens with zero attached hydrogens (tertiary/aromatic N) is 1. The van der Waals surface area contributed by atoms with E-state index in [2.05, 4.69) is 19.9 Å². The second-order valence-corrected chi connectivity index (χ2v) is 10.3. The van der Waals surface area contributed by atoms with E-state index in [-0.39, 0.29) is 17.8 Å². The molecule has 2 fully saturated rings. The summed E-state index contributed by atoms with van der Waals surface area (Å²) < 4.78 is 0. The van der Waals surface area contributed by atoms with Crippen LogP contribution in [0.2, 0.25) is 0 Å². The molecule has 29 heavy (non-hydrogen) atoms. The zero-order valence-corrected chi connectivity index (χ0v) is 19.1. The lowest BCUT2D eigenvalue weighted by molar-refractivity contribution is -0.137. The van der Waals surface area contributed by atoms with E-state index in [1.165, 1.54) is 83.5 Å². The molecular formula is C26H45NO2. The van der Waals surface area contributed by atoms with Gasteiger partial charge < -0.3 is 5.11 Å². The number of carboxylic acids is 1. The number of aliphatic carboxylic acids is 1. The molecule has 1 atom stereocenters. The van der Waals surface area contributed by atoms with Crippen LogP contribution in [0.25, 0.3) is 0 Å². The highest BCUT2D eigenvalue weighted by atomic mass is 16.4. The molecule has 0 heterocycles. The summed E-state index contributed by atoms with van der Waals surface area (Å²) in [5.41, 5.74) is -0.277. The fourth-order valence-electron chi connectivity index (χ4n) is 6.12. The van der Waals surface area contributed by atoms with Gasteiger partial charge in [-0.25, -0.2) is 0 Å². The molecule has 0 bridgehead atoms. The van der Waals surface area contributed by atoms with Crippen LogP contribution < -0.4 is 0 Å². The number of hydrogen-bond acceptors (Lipinski definition) is 2. The Morgan fingerprint density at radius 3 is 2.17 bits per heavy atom. The Morgan fingerprint density at radius 2 is 1.59 bits per heavy atom. The van der Waals surface area contributed by atoms with Crippen molar-refractivity contribution in [2.75, 3.05) is 0 Å². The standard InChI is InChI=1S/C26H45NO2/c1-3-4-5-6-7-8-9-22-11-13-23(14-12-22)24-16-18-26(20-27,19-17-24)21(2)10-15-25(28)29/h21-24H,3-19H2,1-2H3,(H,28,29)/t21-,22?,23?,24?,26?/m1/s1. The molecule has 0 aromatic heterocycles. The maximum atomic E-state index is 10.9. The van der Waals surface area contributed by atoms with Crippen LogP contribution in [0.3, 0.4) is 0 Å². The van der Waals surface area contributed by atoms with Crippen molar-refractivity contribution < 1.29 is 9.90 Å². The van der Waals surface area contributed by atoms with Gasteiger partial charge in [0.1, 0.15) is 0 Å². The molecule has 3 nitrogen and oxygen atoms in total. The van der Waals surface area contributed by atoms with Crippen molar-refractivity contribution in [3.63, 3.8) is 0 Å². The molecule has 0 aromatic rings. The van der Waals surface area contributed by atoms with Crippen LogP contribution in [0.1, 0.15) is 123 Å². The van der Waals surface area contributed by atoms with Crippen molar-refractivity contribution in [1.82, 2.24) is 0 Å². The zero-order valence-electron chi connectivity index (χ0n) is 19.1. The SMILES string of the molecule is CCCCCCCCC1CCC(C2CCC(C#N)([C@H](C)CCC(=O)O)CC2)CC1. The van der Waals surface area contributed by atoms with Crippen molar-refractivity contribution >= 4 is 5.97 Å². The van der Waals surface area contributed by atoms with Crippen LogP contribution in [0.15, 0.2) is 0 Å². The molecule has 2 rings (SSSR count). The zero-order chi connectivity index (χ0) is 21.1. The van der Waals surface area contributed by atoms with Crippen molar-refractivity contribution in [2.45, 2.75) is 123 Å². The van der Waals surface area contributed by atoms with E-state index in [1.807, 2.05) is 0 Å². The summed E-state index contributed by atoms with van der Waals surface area (Å²) in [6.07, 6.45) is 20.7. The molecule has 2 saturated carbocycles. The third kappa shape index (κ3) is 7.62. The summed E-state index contributed by atoms with van der Waals surface area (Å²) in [7, 11) is 0. The molecular weight excluding hydrogens is 358 g/mol. The Bertz CT molecular complexity index is 507. The van der Waals surface area contributed by atoms with Crippen LogP contribution in [-0.4, -0.2) is 11.1 Å². The Hall–Kier alpha value is -1.04. The van der Waals surface area contributed by atoms with Crippen LogP contribution in [0.5, 0.6) is 0 Å². The highest BCUT2D eigenvalue weighted by Gasteiger charge is 2.42. The van der Waals surface area contributed by atoms with Crippen LogP contribution in [0, 0.1) is 40.4 Å². The fourth-order valence-corrected chi connectivity index (χ4v) is 6.12. The normalized spacial score (nSPS) is 31.1. The van der Waals surface area contributed by atoms with Gasteiger partial charge in [-0.2, -0.15) is 5.26 Å². The Kier molecular flexibility index (Phi) is 10.5. The molecule has 0 aromatic carbocycles. The number of unbranched alkanes of at least 4 members (excludes halogenated alkanes) is 5. The summed E-state index contributed by atoms with van der Waals surface area (Å²) in [4.78, 5) is 10.9. The molecule has 166 valence electrons. The van der Waals surface area contributed by atoms with Crippen LogP contribution in [0.4, 0.5) is 0 Å². The first kappa shape index (κ1) is 24.2. The van der Waals surface area contributed by atoms with E-state index in [0.29, 0.717) is 6.42 Å². The van der Waals surface area contributed by atoms with E-state index in [4.69, 9.17) is 5.11 Å². The molecule has 3 heteroatoms. The van der Waals surface area contributed by atoms with Gasteiger partial charge in [0, 0.05) is 6.42 Å². The van der Waals surface area contributed by atoms with E-state index in [0.717, 1.165) is 30.6 Å². The van der Waals surface area contributed by atoms with Crippen molar-refractivity contribution in [2.24, 2.45) is 29.1 Å². The van der Waals surface area contributed by atoms with Crippen LogP contribution >= 0.6 is 0 Å². The molecule has 2 aliphatic rings. The number of carbonyl (C=O) groups is 1. The molecule has 0 amide bonds. The molecule has 1 N–H and O–H groups in total. The van der Waals surface area contributed by atoms with Crippen molar-refractivity contribution in [1.29, 1.82) is 5.26 Å². The molecule has 0 spiro atoms. The molecule has 0 unspecified atom stereocenters. The average molecular weight is 404 g/mol. The van der Waals surface area contributed by atoms with Crippen LogP contribution in [-0.2, 0) is 4.79 Å². The maximum absolute atomic E-state index is 10.9. The lowest BCUT2D eigenvalue weighted by atomic mass is 9.60. The number of carboxylic acid groups (broad SMARTS) is 1. The highest BCUT2D eigenvalue weighted by molar-refractivity contribution is 5.66. The predicted molar refractivity (Wildman–Crippen MR) is 119 cm³/mol. The van der Waals surface area contributed by atoms with Gasteiger partial charge in [0.25, 0.3) is 0 Å². The van der Waals surface area contributed by atoms with Crippen molar-refractivity contribution in [3.8, 4) is 6.07 Å². The highest BCUT2D eigenvalue weighted by Crippen LogP contribution is 2.49. The quantitative estimate of drug-likeness (QED) is 0.339. The Labute approximate surface area is 179 Å². The molecule has 0 aliphatic heterocycles. The van der Waals surface area contributed by atoms with Gasteiger partial charge in [-0.05, 0) is 68.6 Å². The lowest BCUT2D eigenvalue weighted by Crippen LogP contribution is -2.35. The first-order valence-electron chi connectivity index (χ1n) is 12.6. The van der Waals surface area contributed by atoms with Gasteiger partial charge in [0.05, 0.1) is 11.5 Å². The molecule has 0 radical (unpaired) electrons. The summed E-state index contributed by atoms with van der Waals surface area (Å²) in [5.74, 6) is 2.10. The topological polar surface area (TPSA) is 61.1 Å². The number of nitriles is 1. The van der Waals surface area contributed by atoms with Gasteiger partial charge in [0.15, 0.2) is 0 Å². The second-order valence-electron chi connectivity index (χ2n) is 10.3. The lowest BCUT2D eigenvalue weighted by Gasteiger charge is -2.43. The minimum atomic E-state index is -0.739. The van der Waals surface area contributed by atoms with Gasteiger partial charge >= 0.3 is 5.97 Å². The van der Waals surface area contributed by atoms with Gasteiger partial charge in [-0.3, -0.25) is 4.79 Å². The minimum Gasteiger partial charge on any atom is -0.481 e. The summed E-state index contributed by atoms with van der Waals surface area (Å²) in [6, 6.07) is 2.62. The largest absolute Gasteiger partial charge is 0.481 e. The van der Waals surface area contributed by atoms with Crippen molar-refractivity contribution in [3.05, 3.63) is 0 Å². The van der Waals surface area contributed by atoms with Gasteiger partial charge in [0.2, 0.25) is 0 Å². The van der Waals surface area contributed by atoms with E-state index in [9.17, 15) is 10.1 Å². The van der Waals surface area contributed by atoms with E-state index < -0.39 is 5.97 Å². The minimum absolute atomic E-state index is 0.191. The molecule has 2 aliphatic carbocycles. The first-order valence-corrected chi connectivity index (χ1v) is 12.6. The van der Waals surface area contributed by atoms with Gasteiger partial charge in [-0.15, -0.1) is 0 Å². The fraction of sp³-hybridized carbons (Fsp3) is 0.923. The summed E-state index contributed by atoms with van der Waals surface area (Å²) in [6.45, 7) is 4.38. The van der Waals surface area contributed by atoms with Gasteiger partial charge in [-0.1, -0.05) is 71.6 Å². The average Bonchev–Trinajstić information content (AvgIpc) is 2.75. The Balaban J connectivity index is 1.67. The third-order valence-electron chi connectivity index (χ3n) is 8.40. The summed E-state index contributed by atoms with van der Waals surface area (Å²) in [5, 5.41) is 18.8. The predicted octanol–water partition coefficient (Wildman–Crippen LogP) is 7.74. The van der Waals surface area contributed by atoms with E-state index in [1.54, 1.807) is 0 Å². The van der Waals surface area contributed by atoms with E-state index >= 15 is 0 Å². The second kappa shape index (κ2) is 12.6. The smallest absolute Gasteiger partial charge is 0.303 e. The number of rotatable bonds is 12. The monoisotopic (exact) mass is 403 g/mol. The first-order chi connectivity index (χ1) is 14.0. The Morgan fingerprint density at radius 1 is 1.00 bits per heavy atom. The number of hydrogen-bond donors (Lipinski definition) is 1. The third-order valence-corrected chi connectivity index (χ3v) is 8.40. The molecule has 0 saturated heterocycles. The summed E-state index contributed by atoms with van der Waals surface area (Å²) >= 11 is 0.